The van der Waals surface area contributed by atoms with Crippen LogP contribution in [0.2, 0.25) is 0 Å². The van der Waals surface area contributed by atoms with Crippen LogP contribution in [0.1, 0.15) is 28.6 Å². The normalized spacial score (nSPS) is 12.1. The van der Waals surface area contributed by atoms with E-state index in [-0.39, 0.29) is 0 Å². The van der Waals surface area contributed by atoms with Crippen molar-refractivity contribution in [2.45, 2.75) is 37.8 Å². The summed E-state index contributed by atoms with van der Waals surface area (Å²) >= 11 is 1.34. The van der Waals surface area contributed by atoms with Gasteiger partial charge in [0.1, 0.15) is 4.21 Å². The zero-order valence-corrected chi connectivity index (χ0v) is 15.8. The third-order valence-electron chi connectivity index (χ3n) is 4.19. The van der Waals surface area contributed by atoms with Gasteiger partial charge in [0.2, 0.25) is 10.0 Å². The minimum Gasteiger partial charge on any atom is -0.358 e. The van der Waals surface area contributed by atoms with Gasteiger partial charge in [-0.15, -0.1) is 11.3 Å². The van der Waals surface area contributed by atoms with E-state index < -0.39 is 10.0 Å². The molecular weight excluding hydrogens is 340 g/mol. The van der Waals surface area contributed by atoms with Crippen molar-refractivity contribution in [3.8, 4) is 0 Å². The molecule has 6 heteroatoms. The Morgan fingerprint density at radius 1 is 1.17 bits per heavy atom. The monoisotopic (exact) mass is 362 g/mol. The highest BCUT2D eigenvalue weighted by Gasteiger charge is 2.17. The number of aromatic nitrogens is 1. The first-order chi connectivity index (χ1) is 11.4. The number of rotatable bonds is 6. The van der Waals surface area contributed by atoms with E-state index in [0.29, 0.717) is 17.2 Å². The predicted octanol–water partition coefficient (Wildman–Crippen LogP) is 3.93. The standard InChI is InChI=1S/C18H22N2O2S2/c1-4-14-6-8-18(23-14)24(21,22)19-10-9-15-13(3)20-17-7-5-12(2)11-16(15)17/h5-8,11,19-20H,4,9-10H2,1-3H3. The maximum absolute atomic E-state index is 12.4. The lowest BCUT2D eigenvalue weighted by atomic mass is 10.1. The molecule has 3 aromatic rings. The van der Waals surface area contributed by atoms with Crippen molar-refractivity contribution < 1.29 is 8.42 Å². The predicted molar refractivity (Wildman–Crippen MR) is 100 cm³/mol. The number of aromatic amines is 1. The lowest BCUT2D eigenvalue weighted by Crippen LogP contribution is -2.25. The molecule has 0 radical (unpaired) electrons. The van der Waals surface area contributed by atoms with Gasteiger partial charge in [0.15, 0.2) is 0 Å². The molecule has 1 aromatic carbocycles. The number of aryl methyl sites for hydroxylation is 3. The molecule has 2 aromatic heterocycles. The third-order valence-corrected chi connectivity index (χ3v) is 7.37. The Balaban J connectivity index is 1.74. The van der Waals surface area contributed by atoms with E-state index in [1.807, 2.05) is 19.9 Å². The fourth-order valence-corrected chi connectivity index (χ4v) is 5.26. The van der Waals surface area contributed by atoms with Gasteiger partial charge in [0.25, 0.3) is 0 Å². The Kier molecular flexibility index (Phi) is 4.80. The second-order valence-electron chi connectivity index (χ2n) is 6.00. The Labute approximate surface area is 147 Å². The summed E-state index contributed by atoms with van der Waals surface area (Å²) < 4.78 is 27.9. The van der Waals surface area contributed by atoms with Crippen LogP contribution in [0.3, 0.4) is 0 Å². The van der Waals surface area contributed by atoms with E-state index in [2.05, 4.69) is 34.8 Å². The highest BCUT2D eigenvalue weighted by molar-refractivity contribution is 7.91. The second-order valence-corrected chi connectivity index (χ2v) is 9.16. The lowest BCUT2D eigenvalue weighted by molar-refractivity contribution is 0.584. The maximum Gasteiger partial charge on any atom is 0.250 e. The number of thiophene rings is 1. The Bertz CT molecular complexity index is 968. The topological polar surface area (TPSA) is 62.0 Å². The number of hydrogen-bond acceptors (Lipinski definition) is 3. The van der Waals surface area contributed by atoms with Crippen LogP contribution >= 0.6 is 11.3 Å². The molecule has 4 nitrogen and oxygen atoms in total. The number of benzene rings is 1. The summed E-state index contributed by atoms with van der Waals surface area (Å²) in [6, 6.07) is 9.86. The molecule has 0 saturated heterocycles. The number of H-pyrrole nitrogens is 1. The van der Waals surface area contributed by atoms with Crippen molar-refractivity contribution in [2.75, 3.05) is 6.54 Å². The van der Waals surface area contributed by atoms with E-state index in [4.69, 9.17) is 0 Å². The fraction of sp³-hybridized carbons (Fsp3) is 0.333. The Hall–Kier alpha value is -1.63. The van der Waals surface area contributed by atoms with Crippen LogP contribution in [0, 0.1) is 13.8 Å². The minimum absolute atomic E-state index is 0.392. The van der Waals surface area contributed by atoms with Gasteiger partial charge in [-0.1, -0.05) is 18.6 Å². The van der Waals surface area contributed by atoms with Crippen molar-refractivity contribution in [3.05, 3.63) is 52.0 Å². The van der Waals surface area contributed by atoms with Crippen molar-refractivity contribution in [3.63, 3.8) is 0 Å². The highest BCUT2D eigenvalue weighted by atomic mass is 32.2. The van der Waals surface area contributed by atoms with Crippen LogP contribution in [0.15, 0.2) is 34.5 Å². The maximum atomic E-state index is 12.4. The summed E-state index contributed by atoms with van der Waals surface area (Å²) in [5.41, 5.74) is 4.58. The molecule has 24 heavy (non-hydrogen) atoms. The molecule has 0 unspecified atom stereocenters. The van der Waals surface area contributed by atoms with Crippen molar-refractivity contribution >= 4 is 32.3 Å². The van der Waals surface area contributed by atoms with Gasteiger partial charge >= 0.3 is 0 Å². The first kappa shape index (κ1) is 17.2. The SMILES string of the molecule is CCc1ccc(S(=O)(=O)NCCc2c(C)[nH]c3ccc(C)cc23)s1. The summed E-state index contributed by atoms with van der Waals surface area (Å²) in [6.07, 6.45) is 1.52. The van der Waals surface area contributed by atoms with Gasteiger partial charge in [0.05, 0.1) is 0 Å². The largest absolute Gasteiger partial charge is 0.358 e. The van der Waals surface area contributed by atoms with Crippen molar-refractivity contribution in [2.24, 2.45) is 0 Å². The molecule has 128 valence electrons. The quantitative estimate of drug-likeness (QED) is 0.698. The van der Waals surface area contributed by atoms with E-state index in [0.717, 1.165) is 22.5 Å². The zero-order chi connectivity index (χ0) is 17.3. The van der Waals surface area contributed by atoms with Crippen LogP contribution in [-0.2, 0) is 22.9 Å². The van der Waals surface area contributed by atoms with E-state index in [9.17, 15) is 8.42 Å². The minimum atomic E-state index is -3.42. The number of hydrogen-bond donors (Lipinski definition) is 2. The van der Waals surface area contributed by atoms with Crippen LogP contribution < -0.4 is 4.72 Å². The summed E-state index contributed by atoms with van der Waals surface area (Å²) in [6.45, 7) is 6.52. The van der Waals surface area contributed by atoms with E-state index >= 15 is 0 Å². The van der Waals surface area contributed by atoms with Gasteiger partial charge < -0.3 is 4.98 Å². The van der Waals surface area contributed by atoms with Crippen molar-refractivity contribution in [1.29, 1.82) is 0 Å². The summed E-state index contributed by atoms with van der Waals surface area (Å²) in [7, 11) is -3.42. The molecule has 0 aliphatic heterocycles. The van der Waals surface area contributed by atoms with Gasteiger partial charge in [-0.25, -0.2) is 13.1 Å². The Morgan fingerprint density at radius 3 is 2.67 bits per heavy atom. The molecule has 2 N–H and O–H groups in total. The fourth-order valence-electron chi connectivity index (χ4n) is 2.89. The number of sulfonamides is 1. The molecule has 0 fully saturated rings. The summed E-state index contributed by atoms with van der Waals surface area (Å²) in [5, 5.41) is 1.18. The van der Waals surface area contributed by atoms with Crippen LogP contribution in [-0.4, -0.2) is 19.9 Å². The number of fused-ring (bicyclic) bond motifs is 1. The van der Waals surface area contributed by atoms with Crippen molar-refractivity contribution in [1.82, 2.24) is 9.71 Å². The van der Waals surface area contributed by atoms with Crippen LogP contribution in [0.5, 0.6) is 0 Å². The van der Waals surface area contributed by atoms with Gasteiger partial charge in [0, 0.05) is 28.0 Å². The van der Waals surface area contributed by atoms with Crippen LogP contribution in [0.4, 0.5) is 0 Å². The molecular formula is C18H22N2O2S2. The highest BCUT2D eigenvalue weighted by Crippen LogP contribution is 2.24. The molecule has 0 bridgehead atoms. The first-order valence-electron chi connectivity index (χ1n) is 8.07. The van der Waals surface area contributed by atoms with Gasteiger partial charge in [-0.2, -0.15) is 0 Å². The zero-order valence-electron chi connectivity index (χ0n) is 14.1. The molecule has 2 heterocycles. The molecule has 0 aliphatic rings. The molecule has 3 rings (SSSR count). The summed E-state index contributed by atoms with van der Waals surface area (Å²) in [4.78, 5) is 4.45. The van der Waals surface area contributed by atoms with Crippen LogP contribution in [0.25, 0.3) is 10.9 Å². The average Bonchev–Trinajstić information content (AvgIpc) is 3.13. The second kappa shape index (κ2) is 6.70. The molecule has 0 aliphatic carbocycles. The number of nitrogens with one attached hydrogen (secondary N) is 2. The van der Waals surface area contributed by atoms with E-state index in [1.165, 1.54) is 27.8 Å². The first-order valence-corrected chi connectivity index (χ1v) is 10.4. The van der Waals surface area contributed by atoms with Gasteiger partial charge in [-0.3, -0.25) is 0 Å². The third kappa shape index (κ3) is 3.41. The molecule has 0 atom stereocenters. The Morgan fingerprint density at radius 2 is 1.96 bits per heavy atom. The van der Waals surface area contributed by atoms with Gasteiger partial charge in [-0.05, 0) is 56.5 Å². The molecule has 0 amide bonds. The molecule has 0 saturated carbocycles. The smallest absolute Gasteiger partial charge is 0.250 e. The summed E-state index contributed by atoms with van der Waals surface area (Å²) in [5.74, 6) is 0. The average molecular weight is 363 g/mol. The van der Waals surface area contributed by atoms with E-state index in [1.54, 1.807) is 6.07 Å². The molecule has 0 spiro atoms. The lowest BCUT2D eigenvalue weighted by Gasteiger charge is -2.06.